The highest BCUT2D eigenvalue weighted by atomic mass is 79.9. The van der Waals surface area contributed by atoms with Crippen LogP contribution in [0.2, 0.25) is 0 Å². The van der Waals surface area contributed by atoms with E-state index in [1.165, 1.54) is 0 Å². The number of carbonyl (C=O) groups excluding carboxylic acids is 1. The van der Waals surface area contributed by atoms with Crippen LogP contribution in [0.5, 0.6) is 0 Å². The van der Waals surface area contributed by atoms with Crippen LogP contribution < -0.4 is 15.5 Å². The summed E-state index contributed by atoms with van der Waals surface area (Å²) in [6, 6.07) is 15.1. The van der Waals surface area contributed by atoms with E-state index in [2.05, 4.69) is 15.9 Å². The monoisotopic (exact) mass is 331 g/mol. The van der Waals surface area contributed by atoms with Gasteiger partial charge in [0.25, 0.3) is 0 Å². The maximum atomic E-state index is 12.5. The Morgan fingerprint density at radius 2 is 1.60 bits per heavy atom. The van der Waals surface area contributed by atoms with Gasteiger partial charge in [-0.1, -0.05) is 12.1 Å². The molecule has 0 unspecified atom stereocenters. The highest BCUT2D eigenvalue weighted by Crippen LogP contribution is 2.30. The number of benzene rings is 2. The summed E-state index contributed by atoms with van der Waals surface area (Å²) in [6.07, 6.45) is 0. The molecule has 4 nitrogen and oxygen atoms in total. The van der Waals surface area contributed by atoms with Crippen molar-refractivity contribution in [3.63, 3.8) is 0 Å². The third-order valence-corrected chi connectivity index (χ3v) is 4.03. The highest BCUT2D eigenvalue weighted by Gasteiger charge is 2.31. The van der Waals surface area contributed by atoms with E-state index in [0.717, 1.165) is 15.8 Å². The predicted octanol–water partition coefficient (Wildman–Crippen LogP) is 3.48. The van der Waals surface area contributed by atoms with Gasteiger partial charge in [-0.3, -0.25) is 9.80 Å². The summed E-state index contributed by atoms with van der Waals surface area (Å²) in [4.78, 5) is 16.1. The number of amides is 2. The number of nitrogen functional groups attached to an aromatic ring is 1. The minimum atomic E-state index is -0.0123. The fourth-order valence-corrected chi connectivity index (χ4v) is 2.82. The zero-order valence-electron chi connectivity index (χ0n) is 10.8. The molecule has 0 aliphatic carbocycles. The summed E-state index contributed by atoms with van der Waals surface area (Å²) in [6.45, 7) is 1.34. The number of hydrogen-bond acceptors (Lipinski definition) is 2. The minimum absolute atomic E-state index is 0.0123. The molecule has 1 heterocycles. The van der Waals surface area contributed by atoms with Crippen molar-refractivity contribution in [3.05, 3.63) is 53.0 Å². The van der Waals surface area contributed by atoms with Crippen molar-refractivity contribution in [1.82, 2.24) is 0 Å². The lowest BCUT2D eigenvalue weighted by molar-refractivity contribution is 0.256. The molecule has 20 heavy (non-hydrogen) atoms. The van der Waals surface area contributed by atoms with Gasteiger partial charge in [0.2, 0.25) is 0 Å². The maximum Gasteiger partial charge on any atom is 0.329 e. The summed E-state index contributed by atoms with van der Waals surface area (Å²) < 4.78 is 0.924. The van der Waals surface area contributed by atoms with Crippen molar-refractivity contribution in [1.29, 1.82) is 0 Å². The Bertz CT molecular complexity index is 642. The lowest BCUT2D eigenvalue weighted by Crippen LogP contribution is -2.31. The average molecular weight is 332 g/mol. The van der Waals surface area contributed by atoms with Crippen LogP contribution in [0.4, 0.5) is 21.9 Å². The van der Waals surface area contributed by atoms with E-state index in [9.17, 15) is 4.79 Å². The Labute approximate surface area is 125 Å². The van der Waals surface area contributed by atoms with E-state index in [0.29, 0.717) is 18.8 Å². The van der Waals surface area contributed by atoms with Gasteiger partial charge in [-0.25, -0.2) is 4.79 Å². The Morgan fingerprint density at radius 1 is 0.950 bits per heavy atom. The lowest BCUT2D eigenvalue weighted by atomic mass is 10.2. The normalized spacial score (nSPS) is 14.9. The van der Waals surface area contributed by atoms with Crippen molar-refractivity contribution >= 4 is 39.0 Å². The Hall–Kier alpha value is -2.01. The van der Waals surface area contributed by atoms with Crippen LogP contribution >= 0.6 is 15.9 Å². The molecule has 1 saturated heterocycles. The first kappa shape index (κ1) is 13.0. The molecule has 2 N–H and O–H groups in total. The molecule has 3 rings (SSSR count). The molecule has 0 spiro atoms. The second-order valence-electron chi connectivity index (χ2n) is 4.63. The minimum Gasteiger partial charge on any atom is -0.399 e. The molecule has 1 aliphatic heterocycles. The first-order valence-corrected chi connectivity index (χ1v) is 7.15. The molecule has 5 heteroatoms. The summed E-state index contributed by atoms with van der Waals surface area (Å²) in [5.74, 6) is 0. The second-order valence-corrected chi connectivity index (χ2v) is 5.48. The van der Waals surface area contributed by atoms with Gasteiger partial charge in [0.1, 0.15) is 0 Å². The number of nitrogens with zero attached hydrogens (tertiary/aromatic N) is 2. The van der Waals surface area contributed by atoms with Gasteiger partial charge >= 0.3 is 6.03 Å². The molecule has 0 bridgehead atoms. The van der Waals surface area contributed by atoms with Crippen molar-refractivity contribution < 1.29 is 4.79 Å². The number of rotatable bonds is 2. The van der Waals surface area contributed by atoms with E-state index in [4.69, 9.17) is 5.73 Å². The highest BCUT2D eigenvalue weighted by molar-refractivity contribution is 9.10. The van der Waals surface area contributed by atoms with Crippen molar-refractivity contribution in [3.8, 4) is 0 Å². The third-order valence-electron chi connectivity index (χ3n) is 3.36. The predicted molar refractivity (Wildman–Crippen MR) is 85.1 cm³/mol. The number of carbonyl (C=O) groups is 1. The van der Waals surface area contributed by atoms with Crippen LogP contribution in [0, 0.1) is 0 Å². The second kappa shape index (κ2) is 5.17. The van der Waals surface area contributed by atoms with E-state index in [1.54, 1.807) is 9.80 Å². The smallest absolute Gasteiger partial charge is 0.329 e. The number of urea groups is 1. The van der Waals surface area contributed by atoms with Gasteiger partial charge in [0, 0.05) is 28.9 Å². The van der Waals surface area contributed by atoms with Gasteiger partial charge in [0.05, 0.1) is 5.69 Å². The SMILES string of the molecule is Nc1ccc(N2CCN(c3ccccc3Br)C2=O)cc1. The van der Waals surface area contributed by atoms with Gasteiger partial charge < -0.3 is 5.73 Å². The van der Waals surface area contributed by atoms with Gasteiger partial charge in [0.15, 0.2) is 0 Å². The van der Waals surface area contributed by atoms with Gasteiger partial charge in [-0.05, 0) is 52.3 Å². The fraction of sp³-hybridized carbons (Fsp3) is 0.133. The summed E-state index contributed by atoms with van der Waals surface area (Å²) in [5, 5.41) is 0. The molecule has 1 fully saturated rings. The fourth-order valence-electron chi connectivity index (χ4n) is 2.32. The zero-order valence-corrected chi connectivity index (χ0v) is 12.4. The van der Waals surface area contributed by atoms with Gasteiger partial charge in [-0.15, -0.1) is 0 Å². The third kappa shape index (κ3) is 2.25. The molecule has 2 amide bonds. The van der Waals surface area contributed by atoms with E-state index in [-0.39, 0.29) is 6.03 Å². The Balaban J connectivity index is 1.88. The van der Waals surface area contributed by atoms with Crippen molar-refractivity contribution in [2.45, 2.75) is 0 Å². The summed E-state index contributed by atoms with van der Waals surface area (Å²) in [7, 11) is 0. The van der Waals surface area contributed by atoms with E-state index < -0.39 is 0 Å². The van der Waals surface area contributed by atoms with Crippen LogP contribution in [-0.4, -0.2) is 19.1 Å². The molecular weight excluding hydrogens is 318 g/mol. The number of anilines is 3. The molecular formula is C15H14BrN3O. The standard InChI is InChI=1S/C15H14BrN3O/c16-13-3-1-2-4-14(13)19-10-9-18(15(19)20)12-7-5-11(17)6-8-12/h1-8H,9-10,17H2. The topological polar surface area (TPSA) is 49.6 Å². The van der Waals surface area contributed by atoms with Crippen LogP contribution in [0.25, 0.3) is 0 Å². The maximum absolute atomic E-state index is 12.5. The Kier molecular flexibility index (Phi) is 3.36. The quantitative estimate of drug-likeness (QED) is 0.856. The van der Waals surface area contributed by atoms with Crippen molar-refractivity contribution in [2.24, 2.45) is 0 Å². The molecule has 1 aliphatic rings. The lowest BCUT2D eigenvalue weighted by Gasteiger charge is -2.19. The van der Waals surface area contributed by atoms with E-state index in [1.807, 2.05) is 48.5 Å². The molecule has 2 aromatic rings. The first-order chi connectivity index (χ1) is 9.66. The molecule has 0 saturated carbocycles. The molecule has 0 atom stereocenters. The molecule has 102 valence electrons. The van der Waals surface area contributed by atoms with Crippen molar-refractivity contribution in [2.75, 3.05) is 28.6 Å². The number of para-hydroxylation sites is 1. The number of halogens is 1. The van der Waals surface area contributed by atoms with Crippen LogP contribution in [0.15, 0.2) is 53.0 Å². The largest absolute Gasteiger partial charge is 0.399 e. The average Bonchev–Trinajstić information content (AvgIpc) is 2.82. The van der Waals surface area contributed by atoms with Crippen LogP contribution in [0.1, 0.15) is 0 Å². The molecule has 2 aromatic carbocycles. The van der Waals surface area contributed by atoms with Crippen LogP contribution in [0.3, 0.4) is 0 Å². The molecule has 0 aromatic heterocycles. The molecule has 0 radical (unpaired) electrons. The summed E-state index contributed by atoms with van der Waals surface area (Å²) in [5.41, 5.74) is 8.15. The van der Waals surface area contributed by atoms with Crippen LogP contribution in [-0.2, 0) is 0 Å². The first-order valence-electron chi connectivity index (χ1n) is 6.36. The number of hydrogen-bond donors (Lipinski definition) is 1. The zero-order chi connectivity index (χ0) is 14.1. The Morgan fingerprint density at radius 3 is 2.30 bits per heavy atom. The number of nitrogens with two attached hydrogens (primary N) is 1. The summed E-state index contributed by atoms with van der Waals surface area (Å²) >= 11 is 3.49. The van der Waals surface area contributed by atoms with Gasteiger partial charge in [-0.2, -0.15) is 0 Å². The van der Waals surface area contributed by atoms with E-state index >= 15 is 0 Å².